The first-order valence-corrected chi connectivity index (χ1v) is 7.66. The second-order valence-electron chi connectivity index (χ2n) is 5.67. The molecule has 2 unspecified atom stereocenters. The summed E-state index contributed by atoms with van der Waals surface area (Å²) in [6.07, 6.45) is 1.56. The highest BCUT2D eigenvalue weighted by Crippen LogP contribution is 2.24. The van der Waals surface area contributed by atoms with E-state index in [1.807, 2.05) is 24.9 Å². The zero-order chi connectivity index (χ0) is 17.7. The van der Waals surface area contributed by atoms with Crippen molar-refractivity contribution in [1.29, 1.82) is 0 Å². The van der Waals surface area contributed by atoms with Gasteiger partial charge in [-0.05, 0) is 38.6 Å². The molecule has 2 atom stereocenters. The van der Waals surface area contributed by atoms with E-state index in [0.717, 1.165) is 5.56 Å². The maximum atomic E-state index is 12.3. The Labute approximate surface area is 140 Å². The number of carbonyl (C=O) groups excluding carboxylic acids is 1. The second kappa shape index (κ2) is 7.74. The molecule has 0 saturated heterocycles. The maximum Gasteiger partial charge on any atom is 0.269 e. The van der Waals surface area contributed by atoms with Gasteiger partial charge in [-0.3, -0.25) is 19.8 Å². The number of benzene rings is 1. The minimum Gasteiger partial charge on any atom is -0.467 e. The van der Waals surface area contributed by atoms with E-state index in [9.17, 15) is 14.9 Å². The Hall–Kier alpha value is -2.67. The molecule has 24 heavy (non-hydrogen) atoms. The predicted molar refractivity (Wildman–Crippen MR) is 89.3 cm³/mol. The molecule has 0 saturated carbocycles. The van der Waals surface area contributed by atoms with Crippen LogP contribution in [-0.2, 0) is 11.3 Å². The monoisotopic (exact) mass is 331 g/mol. The number of amides is 1. The normalized spacial score (nSPS) is 13.5. The first-order chi connectivity index (χ1) is 11.4. The van der Waals surface area contributed by atoms with Gasteiger partial charge in [0.05, 0.1) is 23.8 Å². The van der Waals surface area contributed by atoms with Crippen LogP contribution in [0.15, 0.2) is 47.1 Å². The molecule has 1 aromatic carbocycles. The summed E-state index contributed by atoms with van der Waals surface area (Å²) < 4.78 is 5.18. The van der Waals surface area contributed by atoms with Gasteiger partial charge in [0, 0.05) is 18.2 Å². The van der Waals surface area contributed by atoms with Gasteiger partial charge in [0.15, 0.2) is 0 Å². The maximum absolute atomic E-state index is 12.3. The molecule has 0 aliphatic heterocycles. The molecule has 128 valence electrons. The highest BCUT2D eigenvalue weighted by atomic mass is 16.6. The molecule has 1 aromatic heterocycles. The SMILES string of the molecule is CC(C(=O)NCc1ccco1)N(C)C(C)c1cccc([N+](=O)[O-])c1. The van der Waals surface area contributed by atoms with Crippen molar-refractivity contribution in [3.63, 3.8) is 0 Å². The lowest BCUT2D eigenvalue weighted by Crippen LogP contribution is -2.43. The van der Waals surface area contributed by atoms with E-state index < -0.39 is 11.0 Å². The van der Waals surface area contributed by atoms with Crippen LogP contribution in [0.2, 0.25) is 0 Å². The van der Waals surface area contributed by atoms with Crippen LogP contribution >= 0.6 is 0 Å². The molecule has 0 spiro atoms. The smallest absolute Gasteiger partial charge is 0.269 e. The quantitative estimate of drug-likeness (QED) is 0.622. The fraction of sp³-hybridized carbons (Fsp3) is 0.353. The molecule has 1 N–H and O–H groups in total. The average Bonchev–Trinajstić information content (AvgIpc) is 3.11. The Morgan fingerprint density at radius 3 is 2.71 bits per heavy atom. The van der Waals surface area contributed by atoms with Gasteiger partial charge in [-0.15, -0.1) is 0 Å². The largest absolute Gasteiger partial charge is 0.467 e. The molecular formula is C17H21N3O4. The third-order valence-corrected chi connectivity index (χ3v) is 4.18. The minimum absolute atomic E-state index is 0.0441. The van der Waals surface area contributed by atoms with E-state index in [4.69, 9.17) is 4.42 Å². The van der Waals surface area contributed by atoms with Gasteiger partial charge < -0.3 is 9.73 Å². The molecule has 1 heterocycles. The fourth-order valence-corrected chi connectivity index (χ4v) is 2.39. The molecule has 7 nitrogen and oxygen atoms in total. The molecule has 0 aliphatic rings. The van der Waals surface area contributed by atoms with Crippen molar-refractivity contribution in [3.8, 4) is 0 Å². The molecule has 0 radical (unpaired) electrons. The lowest BCUT2D eigenvalue weighted by molar-refractivity contribution is -0.384. The number of likely N-dealkylation sites (N-methyl/N-ethyl adjacent to an activating group) is 1. The summed E-state index contributed by atoms with van der Waals surface area (Å²) >= 11 is 0. The molecule has 0 bridgehead atoms. The van der Waals surface area contributed by atoms with E-state index in [-0.39, 0.29) is 17.6 Å². The molecule has 0 aliphatic carbocycles. The number of nitrogens with one attached hydrogen (secondary N) is 1. The van der Waals surface area contributed by atoms with Crippen LogP contribution in [0, 0.1) is 10.1 Å². The van der Waals surface area contributed by atoms with Crippen molar-refractivity contribution < 1.29 is 14.1 Å². The molecule has 1 amide bonds. The van der Waals surface area contributed by atoms with Gasteiger partial charge in [0.25, 0.3) is 5.69 Å². The summed E-state index contributed by atoms with van der Waals surface area (Å²) in [6, 6.07) is 9.48. The van der Waals surface area contributed by atoms with E-state index in [1.165, 1.54) is 12.1 Å². The highest BCUT2D eigenvalue weighted by Gasteiger charge is 2.24. The zero-order valence-corrected chi connectivity index (χ0v) is 13.9. The van der Waals surface area contributed by atoms with Gasteiger partial charge in [-0.1, -0.05) is 12.1 Å². The van der Waals surface area contributed by atoms with E-state index in [0.29, 0.717) is 12.3 Å². The first-order valence-electron chi connectivity index (χ1n) is 7.66. The second-order valence-corrected chi connectivity index (χ2v) is 5.67. The van der Waals surface area contributed by atoms with Crippen molar-refractivity contribution in [1.82, 2.24) is 10.2 Å². The van der Waals surface area contributed by atoms with Crippen molar-refractivity contribution in [2.24, 2.45) is 0 Å². The van der Waals surface area contributed by atoms with Crippen LogP contribution in [0.4, 0.5) is 5.69 Å². The van der Waals surface area contributed by atoms with Crippen LogP contribution in [0.25, 0.3) is 0 Å². The topological polar surface area (TPSA) is 88.6 Å². The molecular weight excluding hydrogens is 310 g/mol. The Bertz CT molecular complexity index is 700. The number of furan rings is 1. The van der Waals surface area contributed by atoms with Gasteiger partial charge in [0.1, 0.15) is 5.76 Å². The highest BCUT2D eigenvalue weighted by molar-refractivity contribution is 5.81. The number of non-ortho nitro benzene ring substituents is 1. The molecule has 2 aromatic rings. The fourth-order valence-electron chi connectivity index (χ4n) is 2.39. The number of hydrogen-bond donors (Lipinski definition) is 1. The van der Waals surface area contributed by atoms with E-state index in [2.05, 4.69) is 5.32 Å². The Morgan fingerprint density at radius 2 is 2.08 bits per heavy atom. The predicted octanol–water partition coefficient (Wildman–Crippen LogP) is 2.89. The lowest BCUT2D eigenvalue weighted by atomic mass is 10.0. The third-order valence-electron chi connectivity index (χ3n) is 4.18. The van der Waals surface area contributed by atoms with Crippen molar-refractivity contribution in [2.75, 3.05) is 7.05 Å². The molecule has 7 heteroatoms. The number of hydrogen-bond acceptors (Lipinski definition) is 5. The van der Waals surface area contributed by atoms with Crippen LogP contribution in [0.1, 0.15) is 31.2 Å². The number of nitrogens with zero attached hydrogens (tertiary/aromatic N) is 2. The Balaban J connectivity index is 2.00. The van der Waals surface area contributed by atoms with Crippen LogP contribution in [-0.4, -0.2) is 28.8 Å². The lowest BCUT2D eigenvalue weighted by Gasteiger charge is -2.30. The van der Waals surface area contributed by atoms with Gasteiger partial charge >= 0.3 is 0 Å². The van der Waals surface area contributed by atoms with Gasteiger partial charge in [0.2, 0.25) is 5.91 Å². The number of nitro benzene ring substituents is 1. The van der Waals surface area contributed by atoms with Crippen molar-refractivity contribution in [2.45, 2.75) is 32.5 Å². The third kappa shape index (κ3) is 4.20. The van der Waals surface area contributed by atoms with Gasteiger partial charge in [-0.25, -0.2) is 0 Å². The van der Waals surface area contributed by atoms with Crippen LogP contribution in [0.3, 0.4) is 0 Å². The first kappa shape index (κ1) is 17.7. The van der Waals surface area contributed by atoms with E-state index in [1.54, 1.807) is 31.4 Å². The summed E-state index contributed by atoms with van der Waals surface area (Å²) in [6.45, 7) is 4.04. The summed E-state index contributed by atoms with van der Waals surface area (Å²) in [4.78, 5) is 24.6. The van der Waals surface area contributed by atoms with Crippen LogP contribution < -0.4 is 5.32 Å². The van der Waals surface area contributed by atoms with Gasteiger partial charge in [-0.2, -0.15) is 0 Å². The Morgan fingerprint density at radius 1 is 1.33 bits per heavy atom. The molecule has 2 rings (SSSR count). The summed E-state index contributed by atoms with van der Waals surface area (Å²) in [5.41, 5.74) is 0.833. The van der Waals surface area contributed by atoms with Crippen LogP contribution in [0.5, 0.6) is 0 Å². The summed E-state index contributed by atoms with van der Waals surface area (Å²) in [5, 5.41) is 13.7. The number of nitro groups is 1. The number of carbonyl (C=O) groups is 1. The molecule has 0 fully saturated rings. The zero-order valence-electron chi connectivity index (χ0n) is 13.9. The van der Waals surface area contributed by atoms with Crippen molar-refractivity contribution >= 4 is 11.6 Å². The standard InChI is InChI=1S/C17H21N3O4/c1-12(14-6-4-7-15(10-14)20(22)23)19(3)13(2)17(21)18-11-16-8-5-9-24-16/h4-10,12-13H,11H2,1-3H3,(H,18,21). The summed E-state index contributed by atoms with van der Waals surface area (Å²) in [5.74, 6) is 0.552. The minimum atomic E-state index is -0.421. The van der Waals surface area contributed by atoms with E-state index >= 15 is 0 Å². The summed E-state index contributed by atoms with van der Waals surface area (Å²) in [7, 11) is 1.82. The Kier molecular flexibility index (Phi) is 5.70. The number of rotatable bonds is 7. The van der Waals surface area contributed by atoms with Crippen molar-refractivity contribution in [3.05, 3.63) is 64.1 Å². The average molecular weight is 331 g/mol.